The minimum atomic E-state index is 0.0371. The molecular weight excluding hydrogens is 198 g/mol. The van der Waals surface area contributed by atoms with E-state index in [-0.39, 0.29) is 18.6 Å². The van der Waals surface area contributed by atoms with E-state index in [1.165, 1.54) is 13.4 Å². The van der Waals surface area contributed by atoms with E-state index >= 15 is 0 Å². The maximum atomic E-state index is 8.99. The summed E-state index contributed by atoms with van der Waals surface area (Å²) >= 11 is 0. The molecule has 0 saturated carbocycles. The fourth-order valence-electron chi connectivity index (χ4n) is 1.16. The Morgan fingerprint density at radius 1 is 1.60 bits per heavy atom. The molecule has 4 N–H and O–H groups in total. The Balaban J connectivity index is 3.66. The van der Waals surface area contributed by atoms with Gasteiger partial charge in [-0.3, -0.25) is 10.3 Å². The van der Waals surface area contributed by atoms with Crippen molar-refractivity contribution in [3.63, 3.8) is 0 Å². The molecule has 2 atom stereocenters. The molecule has 0 aromatic carbocycles. The standard InChI is InChI=1S/C9H21N3O3/c1-8(5-13)9(12-6-10)3-4-11-7-15-14-2/h6,8-9,11,13H,3-5,7H2,1-2H3,(H2,10,12). The van der Waals surface area contributed by atoms with Gasteiger partial charge < -0.3 is 10.8 Å². The fraction of sp³-hybridized carbons (Fsp3) is 0.889. The zero-order valence-electron chi connectivity index (χ0n) is 9.35. The number of nitrogens with zero attached hydrogens (tertiary/aromatic N) is 1. The van der Waals surface area contributed by atoms with Crippen LogP contribution >= 0.6 is 0 Å². The maximum absolute atomic E-state index is 8.99. The molecule has 0 aromatic rings. The van der Waals surface area contributed by atoms with E-state index in [1.54, 1.807) is 0 Å². The van der Waals surface area contributed by atoms with Gasteiger partial charge in [0.15, 0.2) is 0 Å². The van der Waals surface area contributed by atoms with Gasteiger partial charge in [-0.15, -0.1) is 0 Å². The van der Waals surface area contributed by atoms with Gasteiger partial charge in [0, 0.05) is 12.5 Å². The van der Waals surface area contributed by atoms with Crippen molar-refractivity contribution in [2.75, 3.05) is 27.0 Å². The Bertz CT molecular complexity index is 167. The SMILES string of the molecule is COOCNCCC(N=CN)C(C)CO. The average molecular weight is 219 g/mol. The summed E-state index contributed by atoms with van der Waals surface area (Å²) in [6.45, 7) is 3.11. The molecule has 6 nitrogen and oxygen atoms in total. The summed E-state index contributed by atoms with van der Waals surface area (Å²) < 4.78 is 0. The minimum Gasteiger partial charge on any atom is -0.396 e. The highest BCUT2D eigenvalue weighted by Gasteiger charge is 2.13. The first-order chi connectivity index (χ1) is 7.26. The number of aliphatic imine (C=N–C) groups is 1. The van der Waals surface area contributed by atoms with Crippen molar-refractivity contribution < 1.29 is 14.9 Å². The third-order valence-corrected chi connectivity index (χ3v) is 2.12. The topological polar surface area (TPSA) is 89.1 Å². The van der Waals surface area contributed by atoms with Gasteiger partial charge in [-0.1, -0.05) is 6.92 Å². The monoisotopic (exact) mass is 219 g/mol. The molecule has 15 heavy (non-hydrogen) atoms. The number of aliphatic hydroxyl groups is 1. The Morgan fingerprint density at radius 2 is 2.33 bits per heavy atom. The first kappa shape index (κ1) is 14.3. The molecule has 0 aliphatic carbocycles. The van der Waals surface area contributed by atoms with Crippen LogP contribution in [-0.4, -0.2) is 44.5 Å². The molecule has 6 heteroatoms. The molecule has 0 spiro atoms. The van der Waals surface area contributed by atoms with Crippen molar-refractivity contribution in [1.29, 1.82) is 0 Å². The van der Waals surface area contributed by atoms with E-state index in [9.17, 15) is 0 Å². The molecule has 2 unspecified atom stereocenters. The lowest BCUT2D eigenvalue weighted by molar-refractivity contribution is -0.276. The van der Waals surface area contributed by atoms with E-state index in [0.717, 1.165) is 13.0 Å². The Kier molecular flexibility index (Phi) is 9.40. The second-order valence-electron chi connectivity index (χ2n) is 3.24. The van der Waals surface area contributed by atoms with E-state index in [4.69, 9.17) is 10.8 Å². The van der Waals surface area contributed by atoms with E-state index < -0.39 is 0 Å². The number of hydrogen-bond donors (Lipinski definition) is 3. The lowest BCUT2D eigenvalue weighted by atomic mass is 10.0. The van der Waals surface area contributed by atoms with E-state index in [0.29, 0.717) is 6.73 Å². The van der Waals surface area contributed by atoms with E-state index in [2.05, 4.69) is 20.1 Å². The van der Waals surface area contributed by atoms with Crippen LogP contribution in [0.25, 0.3) is 0 Å². The summed E-state index contributed by atoms with van der Waals surface area (Å²) in [4.78, 5) is 13.1. The molecule has 0 radical (unpaired) electrons. The maximum Gasteiger partial charge on any atom is 0.133 e. The van der Waals surface area contributed by atoms with Gasteiger partial charge >= 0.3 is 0 Å². The van der Waals surface area contributed by atoms with Gasteiger partial charge in [0.05, 0.1) is 19.5 Å². The van der Waals surface area contributed by atoms with Crippen molar-refractivity contribution in [2.45, 2.75) is 19.4 Å². The summed E-state index contributed by atoms with van der Waals surface area (Å²) in [7, 11) is 1.46. The van der Waals surface area contributed by atoms with Crippen molar-refractivity contribution in [3.8, 4) is 0 Å². The summed E-state index contributed by atoms with van der Waals surface area (Å²) in [6.07, 6.45) is 2.07. The molecular formula is C9H21N3O3. The lowest BCUT2D eigenvalue weighted by Crippen LogP contribution is -2.27. The van der Waals surface area contributed by atoms with Gasteiger partial charge in [-0.25, -0.2) is 9.78 Å². The predicted octanol–water partition coefficient (Wildman–Crippen LogP) is -0.514. The molecule has 90 valence electrons. The number of rotatable bonds is 9. The summed E-state index contributed by atoms with van der Waals surface area (Å²) in [5.74, 6) is 0.106. The first-order valence-electron chi connectivity index (χ1n) is 4.96. The Morgan fingerprint density at radius 3 is 2.87 bits per heavy atom. The highest BCUT2D eigenvalue weighted by molar-refractivity contribution is 5.51. The smallest absolute Gasteiger partial charge is 0.133 e. The van der Waals surface area contributed by atoms with Crippen LogP contribution in [0.4, 0.5) is 0 Å². The number of aliphatic hydroxyl groups excluding tert-OH is 1. The third-order valence-electron chi connectivity index (χ3n) is 2.12. The number of nitrogens with two attached hydrogens (primary N) is 1. The molecule has 0 aromatic heterocycles. The summed E-state index contributed by atoms with van der Waals surface area (Å²) in [5.41, 5.74) is 5.24. The van der Waals surface area contributed by atoms with Crippen molar-refractivity contribution in [1.82, 2.24) is 5.32 Å². The summed E-state index contributed by atoms with van der Waals surface area (Å²) in [5, 5.41) is 12.0. The van der Waals surface area contributed by atoms with Crippen molar-refractivity contribution >= 4 is 6.34 Å². The highest BCUT2D eigenvalue weighted by atomic mass is 17.2. The number of nitrogens with one attached hydrogen (secondary N) is 1. The van der Waals surface area contributed by atoms with E-state index in [1.807, 2.05) is 6.92 Å². The quantitative estimate of drug-likeness (QED) is 0.121. The second kappa shape index (κ2) is 9.85. The molecule has 0 rings (SSSR count). The van der Waals surface area contributed by atoms with Gasteiger partial charge in [0.1, 0.15) is 6.73 Å². The summed E-state index contributed by atoms with van der Waals surface area (Å²) in [6, 6.07) is 0.0371. The highest BCUT2D eigenvalue weighted by Crippen LogP contribution is 2.09. The van der Waals surface area contributed by atoms with Gasteiger partial charge in [0.25, 0.3) is 0 Å². The van der Waals surface area contributed by atoms with Gasteiger partial charge in [-0.2, -0.15) is 0 Å². The molecule has 0 heterocycles. The lowest BCUT2D eigenvalue weighted by Gasteiger charge is -2.17. The minimum absolute atomic E-state index is 0.0371. The van der Waals surface area contributed by atoms with Crippen LogP contribution < -0.4 is 11.1 Å². The molecule has 0 fully saturated rings. The molecule has 0 amide bonds. The number of hydrogen-bond acceptors (Lipinski definition) is 5. The fourth-order valence-corrected chi connectivity index (χ4v) is 1.16. The zero-order valence-corrected chi connectivity index (χ0v) is 9.35. The predicted molar refractivity (Wildman–Crippen MR) is 58.3 cm³/mol. The molecule has 0 aliphatic heterocycles. The van der Waals surface area contributed by atoms with Crippen LogP contribution in [-0.2, 0) is 9.78 Å². The van der Waals surface area contributed by atoms with Crippen LogP contribution in [0.3, 0.4) is 0 Å². The molecule has 0 aliphatic rings. The van der Waals surface area contributed by atoms with Gasteiger partial charge in [-0.05, 0) is 13.0 Å². The second-order valence-corrected chi connectivity index (χ2v) is 3.24. The van der Waals surface area contributed by atoms with Crippen molar-refractivity contribution in [3.05, 3.63) is 0 Å². The Labute approximate surface area is 90.4 Å². The molecule has 0 saturated heterocycles. The van der Waals surface area contributed by atoms with Crippen LogP contribution in [0.1, 0.15) is 13.3 Å². The van der Waals surface area contributed by atoms with Gasteiger partial charge in [0.2, 0.25) is 0 Å². The third kappa shape index (κ3) is 7.26. The van der Waals surface area contributed by atoms with Crippen LogP contribution in [0.2, 0.25) is 0 Å². The average Bonchev–Trinajstić information content (AvgIpc) is 2.26. The molecule has 0 bridgehead atoms. The zero-order chi connectivity index (χ0) is 11.5. The van der Waals surface area contributed by atoms with Crippen LogP contribution in [0, 0.1) is 5.92 Å². The van der Waals surface area contributed by atoms with Crippen molar-refractivity contribution in [2.24, 2.45) is 16.6 Å². The largest absolute Gasteiger partial charge is 0.396 e. The van der Waals surface area contributed by atoms with Crippen LogP contribution in [0.15, 0.2) is 4.99 Å². The Hall–Kier alpha value is -0.690. The van der Waals surface area contributed by atoms with Crippen LogP contribution in [0.5, 0.6) is 0 Å². The normalized spacial score (nSPS) is 15.7. The first-order valence-corrected chi connectivity index (χ1v) is 4.96.